The van der Waals surface area contributed by atoms with Crippen molar-refractivity contribution in [3.8, 4) is 5.75 Å². The Hall–Kier alpha value is -2.06. The highest BCUT2D eigenvalue weighted by Gasteiger charge is 2.22. The number of hydrogen-bond donors (Lipinski definition) is 5. The predicted octanol–water partition coefficient (Wildman–Crippen LogP) is 1.34. The van der Waals surface area contributed by atoms with Gasteiger partial charge in [-0.2, -0.15) is 0 Å². The van der Waals surface area contributed by atoms with Crippen LogP contribution in [0.4, 0.5) is 0 Å². The number of hydrogen-bond acceptors (Lipinski definition) is 7. The van der Waals surface area contributed by atoms with E-state index in [2.05, 4.69) is 10.6 Å². The first-order valence-corrected chi connectivity index (χ1v) is 9.66. The fourth-order valence-electron chi connectivity index (χ4n) is 2.77. The minimum absolute atomic E-state index is 0.114. The van der Waals surface area contributed by atoms with Crippen molar-refractivity contribution in [1.82, 2.24) is 10.6 Å². The van der Waals surface area contributed by atoms with Crippen LogP contribution >= 0.6 is 0 Å². The fraction of sp³-hybridized carbons (Fsp3) is 0.524. The summed E-state index contributed by atoms with van der Waals surface area (Å²) in [5.74, 6) is -0.682. The first-order valence-electron chi connectivity index (χ1n) is 9.66. The lowest BCUT2D eigenvalue weighted by Crippen LogP contribution is -2.40. The van der Waals surface area contributed by atoms with Gasteiger partial charge in [0.15, 0.2) is 11.6 Å². The van der Waals surface area contributed by atoms with Gasteiger partial charge in [0.2, 0.25) is 0 Å². The van der Waals surface area contributed by atoms with E-state index in [1.165, 1.54) is 18.2 Å². The van der Waals surface area contributed by atoms with Crippen LogP contribution in [0, 0.1) is 6.92 Å². The number of benzene rings is 1. The summed E-state index contributed by atoms with van der Waals surface area (Å²) in [5.41, 5.74) is 1.16. The van der Waals surface area contributed by atoms with Crippen LogP contribution in [0.5, 0.6) is 5.75 Å². The Labute approximate surface area is 166 Å². The molecule has 7 nitrogen and oxygen atoms in total. The zero-order valence-corrected chi connectivity index (χ0v) is 16.9. The van der Waals surface area contributed by atoms with E-state index in [1.807, 2.05) is 13.8 Å². The molecule has 0 amide bonds. The number of nitrogens with one attached hydrogen (secondary N) is 2. The lowest BCUT2D eigenvalue weighted by atomic mass is 9.92. The number of allylic oxidation sites excluding steroid dienone is 2. The third kappa shape index (κ3) is 7.16. The zero-order valence-electron chi connectivity index (χ0n) is 16.9. The standard InChI is InChI=1S/C11H8O3.C10H24N2O2/c1-6-4-7-8(12)2-3-9(13)11(7)10(14)5-6;1-3-9(7-13)11-5-6-12-10(4-2)8-14/h2-5,14H,1H3;9-14H,3-8H2,1-2H3/t;9-,10-/m.0/s1. The molecule has 0 spiro atoms. The van der Waals surface area contributed by atoms with Crippen LogP contribution < -0.4 is 10.6 Å². The Morgan fingerprint density at radius 2 is 1.39 bits per heavy atom. The maximum absolute atomic E-state index is 11.4. The van der Waals surface area contributed by atoms with Gasteiger partial charge in [0, 0.05) is 30.7 Å². The zero-order chi connectivity index (χ0) is 21.1. The minimum atomic E-state index is -0.322. The van der Waals surface area contributed by atoms with Gasteiger partial charge in [-0.05, 0) is 49.6 Å². The molecule has 1 aliphatic carbocycles. The average molecular weight is 392 g/mol. The van der Waals surface area contributed by atoms with E-state index >= 15 is 0 Å². The minimum Gasteiger partial charge on any atom is -0.507 e. The summed E-state index contributed by atoms with van der Waals surface area (Å²) in [6.07, 6.45) is 4.28. The molecular formula is C21H32N2O5. The lowest BCUT2D eigenvalue weighted by Gasteiger charge is -2.17. The molecule has 7 heteroatoms. The molecule has 0 saturated carbocycles. The first kappa shape index (κ1) is 24.0. The van der Waals surface area contributed by atoms with Gasteiger partial charge in [-0.25, -0.2) is 0 Å². The van der Waals surface area contributed by atoms with Crippen LogP contribution in [0.15, 0.2) is 24.3 Å². The number of carbonyl (C=O) groups excluding carboxylic acids is 2. The highest BCUT2D eigenvalue weighted by atomic mass is 16.3. The summed E-state index contributed by atoms with van der Waals surface area (Å²) in [7, 11) is 0. The number of aryl methyl sites for hydroxylation is 1. The molecular weight excluding hydrogens is 360 g/mol. The normalized spacial score (nSPS) is 14.9. The number of rotatable bonds is 9. The third-order valence-corrected chi connectivity index (χ3v) is 4.58. The predicted molar refractivity (Wildman–Crippen MR) is 109 cm³/mol. The molecule has 0 aromatic heterocycles. The number of aliphatic hydroxyl groups excluding tert-OH is 2. The number of phenolic OH excluding ortho intramolecular Hbond substituents is 1. The topological polar surface area (TPSA) is 119 Å². The SMILES string of the molecule is CC[C@@H](CO)NCCN[C@@H](CC)CO.Cc1cc(O)c2c(c1)C(=O)C=CC2=O. The molecule has 1 aliphatic rings. The van der Waals surface area contributed by atoms with E-state index in [9.17, 15) is 14.7 Å². The summed E-state index contributed by atoms with van der Waals surface area (Å²) < 4.78 is 0. The van der Waals surface area contributed by atoms with Gasteiger partial charge >= 0.3 is 0 Å². The molecule has 1 aromatic carbocycles. The number of fused-ring (bicyclic) bond motifs is 1. The van der Waals surface area contributed by atoms with E-state index in [4.69, 9.17) is 10.2 Å². The molecule has 0 heterocycles. The molecule has 28 heavy (non-hydrogen) atoms. The van der Waals surface area contributed by atoms with Crippen molar-refractivity contribution in [2.24, 2.45) is 0 Å². The van der Waals surface area contributed by atoms with E-state index in [-0.39, 0.29) is 53.7 Å². The second-order valence-electron chi connectivity index (χ2n) is 6.75. The lowest BCUT2D eigenvalue weighted by molar-refractivity contribution is 0.0991. The molecule has 0 radical (unpaired) electrons. The second-order valence-corrected chi connectivity index (χ2v) is 6.75. The molecule has 5 N–H and O–H groups in total. The highest BCUT2D eigenvalue weighted by Crippen LogP contribution is 2.27. The Balaban J connectivity index is 0.000000280. The molecule has 0 fully saturated rings. The Morgan fingerprint density at radius 1 is 0.893 bits per heavy atom. The largest absolute Gasteiger partial charge is 0.507 e. The van der Waals surface area contributed by atoms with Crippen molar-refractivity contribution in [2.45, 2.75) is 45.7 Å². The fourth-order valence-corrected chi connectivity index (χ4v) is 2.77. The van der Waals surface area contributed by atoms with Crippen molar-refractivity contribution in [3.05, 3.63) is 41.0 Å². The number of carbonyl (C=O) groups is 2. The summed E-state index contributed by atoms with van der Waals surface area (Å²) in [6, 6.07) is 3.49. The van der Waals surface area contributed by atoms with Crippen molar-refractivity contribution >= 4 is 11.6 Å². The van der Waals surface area contributed by atoms with Crippen molar-refractivity contribution in [3.63, 3.8) is 0 Å². The number of aliphatic hydroxyl groups is 2. The first-order chi connectivity index (χ1) is 13.4. The van der Waals surface area contributed by atoms with Crippen LogP contribution in [0.2, 0.25) is 0 Å². The van der Waals surface area contributed by atoms with Gasteiger partial charge < -0.3 is 26.0 Å². The Kier molecular flexibility index (Phi) is 10.6. The van der Waals surface area contributed by atoms with Crippen molar-refractivity contribution in [1.29, 1.82) is 0 Å². The van der Waals surface area contributed by atoms with Crippen molar-refractivity contribution < 1.29 is 24.9 Å². The number of phenols is 1. The van der Waals surface area contributed by atoms with Gasteiger partial charge in [-0.15, -0.1) is 0 Å². The summed E-state index contributed by atoms with van der Waals surface area (Å²) in [4.78, 5) is 22.7. The quantitative estimate of drug-likeness (QED) is 0.402. The van der Waals surface area contributed by atoms with Gasteiger partial charge in [-0.3, -0.25) is 9.59 Å². The summed E-state index contributed by atoms with van der Waals surface area (Å²) in [5, 5.41) is 33.8. The van der Waals surface area contributed by atoms with Crippen molar-refractivity contribution in [2.75, 3.05) is 26.3 Å². The van der Waals surface area contributed by atoms with Gasteiger partial charge in [0.25, 0.3) is 0 Å². The maximum Gasteiger partial charge on any atom is 0.190 e. The highest BCUT2D eigenvalue weighted by molar-refractivity contribution is 6.23. The van der Waals surface area contributed by atoms with Crippen LogP contribution in [-0.2, 0) is 0 Å². The molecule has 0 unspecified atom stereocenters. The molecule has 0 bridgehead atoms. The Bertz CT molecular complexity index is 666. The number of ketones is 2. The van der Waals surface area contributed by atoms with Gasteiger partial charge in [-0.1, -0.05) is 13.8 Å². The second kappa shape index (κ2) is 12.4. The van der Waals surface area contributed by atoms with Gasteiger partial charge in [0.1, 0.15) is 5.75 Å². The molecule has 0 aliphatic heterocycles. The van der Waals surface area contributed by atoms with Crippen LogP contribution in [0.3, 0.4) is 0 Å². The molecule has 2 rings (SSSR count). The monoisotopic (exact) mass is 392 g/mol. The number of aromatic hydroxyl groups is 1. The van der Waals surface area contributed by atoms with Crippen LogP contribution in [0.25, 0.3) is 0 Å². The Morgan fingerprint density at radius 3 is 1.86 bits per heavy atom. The van der Waals surface area contributed by atoms with Crippen LogP contribution in [0.1, 0.15) is 53.0 Å². The van der Waals surface area contributed by atoms with E-state index < -0.39 is 0 Å². The smallest absolute Gasteiger partial charge is 0.190 e. The molecule has 0 saturated heterocycles. The third-order valence-electron chi connectivity index (χ3n) is 4.58. The van der Waals surface area contributed by atoms with E-state index in [1.54, 1.807) is 13.0 Å². The van der Waals surface area contributed by atoms with E-state index in [0.29, 0.717) is 0 Å². The summed E-state index contributed by atoms with van der Waals surface area (Å²) in [6.45, 7) is 7.89. The summed E-state index contributed by atoms with van der Waals surface area (Å²) >= 11 is 0. The van der Waals surface area contributed by atoms with E-state index in [0.717, 1.165) is 31.5 Å². The average Bonchev–Trinajstić information content (AvgIpc) is 2.68. The van der Waals surface area contributed by atoms with Crippen LogP contribution in [-0.4, -0.2) is 65.3 Å². The molecule has 156 valence electrons. The van der Waals surface area contributed by atoms with Gasteiger partial charge in [0.05, 0.1) is 18.8 Å². The molecule has 2 atom stereocenters. The maximum atomic E-state index is 11.4. The molecule has 1 aromatic rings.